The van der Waals surface area contributed by atoms with Crippen LogP contribution in [0.2, 0.25) is 0 Å². The van der Waals surface area contributed by atoms with Crippen LogP contribution in [0.3, 0.4) is 0 Å². The number of urea groups is 1. The number of imide groups is 1. The minimum absolute atomic E-state index is 0.201. The molecular weight excluding hydrogens is 214 g/mol. The van der Waals surface area contributed by atoms with E-state index < -0.39 is 29.5 Å². The normalized spacial score (nSPS) is 25.6. The third-order valence-electron chi connectivity index (χ3n) is 2.62. The fraction of sp³-hybridized carbons (Fsp3) is 0.444. The zero-order chi connectivity index (χ0) is 12.3. The smallest absolute Gasteiger partial charge is 0.404 e. The second-order valence-electron chi connectivity index (χ2n) is 3.56. The third-order valence-corrected chi connectivity index (χ3v) is 2.62. The Labute approximate surface area is 91.9 Å². The lowest BCUT2D eigenvalue weighted by Gasteiger charge is -2.30. The van der Waals surface area contributed by atoms with Crippen molar-refractivity contribution in [2.24, 2.45) is 5.92 Å². The molecule has 4 N–H and O–H groups in total. The number of hydrogen-bond donors (Lipinski definition) is 4. The molecule has 0 aromatic rings. The van der Waals surface area contributed by atoms with Gasteiger partial charge >= 0.3 is 12.1 Å². The van der Waals surface area contributed by atoms with Crippen molar-refractivity contribution in [2.45, 2.75) is 12.5 Å². The first-order valence-corrected chi connectivity index (χ1v) is 4.65. The first-order valence-electron chi connectivity index (χ1n) is 4.65. The van der Waals surface area contributed by atoms with Crippen LogP contribution in [-0.2, 0) is 4.79 Å². The molecule has 0 bridgehead atoms. The molecule has 0 spiro atoms. The van der Waals surface area contributed by atoms with E-state index in [0.717, 1.165) is 0 Å². The molecule has 2 atom stereocenters. The van der Waals surface area contributed by atoms with E-state index in [2.05, 4.69) is 22.5 Å². The molecule has 0 radical (unpaired) electrons. The van der Waals surface area contributed by atoms with Crippen molar-refractivity contribution >= 4 is 18.0 Å². The van der Waals surface area contributed by atoms with E-state index in [1.54, 1.807) is 6.92 Å². The van der Waals surface area contributed by atoms with Crippen LogP contribution >= 0.6 is 0 Å². The molecule has 1 saturated heterocycles. The average molecular weight is 227 g/mol. The maximum absolute atomic E-state index is 11.6. The second kappa shape index (κ2) is 4.21. The van der Waals surface area contributed by atoms with Gasteiger partial charge in [0.05, 0.1) is 6.54 Å². The minimum Gasteiger partial charge on any atom is -0.465 e. The van der Waals surface area contributed by atoms with E-state index >= 15 is 0 Å². The van der Waals surface area contributed by atoms with Crippen molar-refractivity contribution in [3.8, 4) is 0 Å². The van der Waals surface area contributed by atoms with Crippen LogP contribution in [0.25, 0.3) is 0 Å². The number of carbonyl (C=O) groups excluding carboxylic acids is 2. The summed E-state index contributed by atoms with van der Waals surface area (Å²) in [6, 6.07) is -0.633. The molecule has 1 fully saturated rings. The maximum Gasteiger partial charge on any atom is 0.404 e. The van der Waals surface area contributed by atoms with Gasteiger partial charge in [-0.05, 0) is 0 Å². The molecule has 4 amide bonds. The third kappa shape index (κ3) is 1.97. The van der Waals surface area contributed by atoms with Crippen LogP contribution in [0.4, 0.5) is 9.59 Å². The van der Waals surface area contributed by atoms with Crippen molar-refractivity contribution in [1.82, 2.24) is 16.0 Å². The van der Waals surface area contributed by atoms with E-state index in [4.69, 9.17) is 5.11 Å². The van der Waals surface area contributed by atoms with Crippen LogP contribution in [0.5, 0.6) is 0 Å². The lowest BCUT2D eigenvalue weighted by Crippen LogP contribution is -2.58. The molecule has 7 nitrogen and oxygen atoms in total. The molecule has 1 rings (SSSR count). The van der Waals surface area contributed by atoms with Crippen LogP contribution in [0.1, 0.15) is 6.92 Å². The van der Waals surface area contributed by atoms with Gasteiger partial charge in [-0.1, -0.05) is 13.0 Å². The van der Waals surface area contributed by atoms with Gasteiger partial charge in [0.25, 0.3) is 5.91 Å². The highest BCUT2D eigenvalue weighted by Gasteiger charge is 2.49. The topological polar surface area (TPSA) is 108 Å². The fourth-order valence-electron chi connectivity index (χ4n) is 1.53. The Hall–Kier alpha value is -2.05. The van der Waals surface area contributed by atoms with Gasteiger partial charge in [-0.2, -0.15) is 0 Å². The molecule has 1 aliphatic rings. The summed E-state index contributed by atoms with van der Waals surface area (Å²) in [4.78, 5) is 33.1. The summed E-state index contributed by atoms with van der Waals surface area (Å²) in [5.74, 6) is -0.954. The van der Waals surface area contributed by atoms with Gasteiger partial charge in [0.1, 0.15) is 5.54 Å². The van der Waals surface area contributed by atoms with Crippen molar-refractivity contribution in [3.63, 3.8) is 0 Å². The zero-order valence-electron chi connectivity index (χ0n) is 8.74. The molecule has 2 unspecified atom stereocenters. The second-order valence-corrected chi connectivity index (χ2v) is 3.56. The number of hydrogen-bond acceptors (Lipinski definition) is 3. The standard InChI is InChI=1S/C9H13N3O4/c1-3-5(2)9(4-10-8(15)16)6(13)11-7(14)12-9/h3,5,10H,1,4H2,2H3,(H,15,16)(H2,11,12,13,14). The summed E-state index contributed by atoms with van der Waals surface area (Å²) in [7, 11) is 0. The highest BCUT2D eigenvalue weighted by Crippen LogP contribution is 2.21. The molecule has 88 valence electrons. The van der Waals surface area contributed by atoms with Crippen LogP contribution < -0.4 is 16.0 Å². The molecule has 1 aliphatic heterocycles. The molecule has 0 saturated carbocycles. The molecule has 1 heterocycles. The van der Waals surface area contributed by atoms with E-state index in [0.29, 0.717) is 0 Å². The van der Waals surface area contributed by atoms with Crippen molar-refractivity contribution in [3.05, 3.63) is 12.7 Å². The van der Waals surface area contributed by atoms with Gasteiger partial charge in [0, 0.05) is 5.92 Å². The Morgan fingerprint density at radius 2 is 2.31 bits per heavy atom. The van der Waals surface area contributed by atoms with Crippen molar-refractivity contribution in [2.75, 3.05) is 6.54 Å². The van der Waals surface area contributed by atoms with E-state index in [-0.39, 0.29) is 6.54 Å². The van der Waals surface area contributed by atoms with Crippen LogP contribution in [0.15, 0.2) is 12.7 Å². The molecular formula is C9H13N3O4. The summed E-state index contributed by atoms with van der Waals surface area (Å²) >= 11 is 0. The van der Waals surface area contributed by atoms with Gasteiger partial charge in [-0.15, -0.1) is 6.58 Å². The largest absolute Gasteiger partial charge is 0.465 e. The summed E-state index contributed by atoms with van der Waals surface area (Å²) in [6.45, 7) is 5.00. The number of amides is 4. The number of carbonyl (C=O) groups is 3. The zero-order valence-corrected chi connectivity index (χ0v) is 8.74. The number of carboxylic acid groups (broad SMARTS) is 1. The summed E-state index contributed by atoms with van der Waals surface area (Å²) in [6.07, 6.45) is 0.221. The predicted octanol–water partition coefficient (Wildman–Crippen LogP) is -0.346. The maximum atomic E-state index is 11.6. The SMILES string of the molecule is C=CC(C)C1(CNC(=O)O)NC(=O)NC1=O. The van der Waals surface area contributed by atoms with E-state index in [1.807, 2.05) is 0 Å². The van der Waals surface area contributed by atoms with Crippen LogP contribution in [0, 0.1) is 5.92 Å². The van der Waals surface area contributed by atoms with Gasteiger partial charge in [-0.25, -0.2) is 9.59 Å². The average Bonchev–Trinajstić information content (AvgIpc) is 2.50. The summed E-state index contributed by atoms with van der Waals surface area (Å²) in [5.41, 5.74) is -1.29. The Kier molecular flexibility index (Phi) is 3.17. The molecule has 0 aromatic carbocycles. The van der Waals surface area contributed by atoms with Crippen molar-refractivity contribution < 1.29 is 19.5 Å². The highest BCUT2D eigenvalue weighted by atomic mass is 16.4. The monoisotopic (exact) mass is 227 g/mol. The first-order chi connectivity index (χ1) is 7.42. The van der Waals surface area contributed by atoms with Crippen LogP contribution in [-0.4, -0.2) is 35.2 Å². The number of nitrogens with one attached hydrogen (secondary N) is 3. The predicted molar refractivity (Wildman–Crippen MR) is 54.8 cm³/mol. The van der Waals surface area contributed by atoms with Gasteiger partial charge < -0.3 is 15.7 Å². The summed E-state index contributed by atoms with van der Waals surface area (Å²) < 4.78 is 0. The molecule has 0 aromatic heterocycles. The van der Waals surface area contributed by atoms with E-state index in [1.165, 1.54) is 6.08 Å². The minimum atomic E-state index is -1.29. The van der Waals surface area contributed by atoms with Crippen molar-refractivity contribution in [1.29, 1.82) is 0 Å². The fourth-order valence-corrected chi connectivity index (χ4v) is 1.53. The quantitative estimate of drug-likeness (QED) is 0.389. The van der Waals surface area contributed by atoms with Gasteiger partial charge in [0.2, 0.25) is 0 Å². The Morgan fingerprint density at radius 1 is 1.69 bits per heavy atom. The molecule has 7 heteroatoms. The Morgan fingerprint density at radius 3 is 2.69 bits per heavy atom. The first kappa shape index (κ1) is 12.0. The highest BCUT2D eigenvalue weighted by molar-refractivity contribution is 6.07. The number of rotatable bonds is 4. The van der Waals surface area contributed by atoms with E-state index in [9.17, 15) is 14.4 Å². The van der Waals surface area contributed by atoms with Gasteiger partial charge in [0.15, 0.2) is 0 Å². The molecule has 16 heavy (non-hydrogen) atoms. The van der Waals surface area contributed by atoms with Gasteiger partial charge in [-0.3, -0.25) is 10.1 Å². The molecule has 0 aliphatic carbocycles. The lowest BCUT2D eigenvalue weighted by atomic mass is 9.85. The summed E-state index contributed by atoms with van der Waals surface area (Å²) in [5, 5.41) is 15.1. The Balaban J connectivity index is 2.93. The lowest BCUT2D eigenvalue weighted by molar-refractivity contribution is -0.124. The Bertz CT molecular complexity index is 355.